The highest BCUT2D eigenvalue weighted by molar-refractivity contribution is 5.91. The van der Waals surface area contributed by atoms with E-state index >= 15 is 0 Å². The van der Waals surface area contributed by atoms with E-state index in [1.54, 1.807) is 21.8 Å². The number of hydrogen-bond donors (Lipinski definition) is 2. The fourth-order valence-electron chi connectivity index (χ4n) is 2.81. The molecule has 8 heteroatoms. The lowest BCUT2D eigenvalue weighted by Gasteiger charge is -2.23. The van der Waals surface area contributed by atoms with Gasteiger partial charge in [-0.15, -0.1) is 5.10 Å². The third-order valence-electron chi connectivity index (χ3n) is 4.10. The monoisotopic (exact) mass is 317 g/mol. The van der Waals surface area contributed by atoms with Gasteiger partial charge in [-0.05, 0) is 25.8 Å². The van der Waals surface area contributed by atoms with Gasteiger partial charge in [0.1, 0.15) is 0 Å². The van der Waals surface area contributed by atoms with Gasteiger partial charge in [0.25, 0.3) is 5.91 Å². The van der Waals surface area contributed by atoms with Crippen molar-refractivity contribution in [3.63, 3.8) is 0 Å². The van der Waals surface area contributed by atoms with Crippen LogP contribution in [0, 0.1) is 0 Å². The molecule has 0 aromatic carbocycles. The Balaban J connectivity index is 1.46. The first-order chi connectivity index (χ1) is 11.2. The van der Waals surface area contributed by atoms with Gasteiger partial charge in [-0.25, -0.2) is 0 Å². The minimum absolute atomic E-state index is 0.212. The van der Waals surface area contributed by atoms with E-state index in [9.17, 15) is 4.79 Å². The van der Waals surface area contributed by atoms with Crippen LogP contribution in [0.4, 0.5) is 0 Å². The van der Waals surface area contributed by atoms with Gasteiger partial charge in [0.05, 0.1) is 12.4 Å². The van der Waals surface area contributed by atoms with E-state index in [4.69, 9.17) is 0 Å². The Kier molecular flexibility index (Phi) is 5.02. The summed E-state index contributed by atoms with van der Waals surface area (Å²) in [5, 5.41) is 18.4. The molecule has 0 aliphatic carbocycles. The van der Waals surface area contributed by atoms with Crippen molar-refractivity contribution in [1.82, 2.24) is 35.4 Å². The van der Waals surface area contributed by atoms with Crippen molar-refractivity contribution in [2.45, 2.75) is 44.8 Å². The van der Waals surface area contributed by atoms with Crippen LogP contribution in [0.15, 0.2) is 18.6 Å². The van der Waals surface area contributed by atoms with Crippen molar-refractivity contribution < 1.29 is 4.79 Å². The molecule has 3 rings (SSSR count). The lowest BCUT2D eigenvalue weighted by molar-refractivity contribution is 0.0946. The van der Waals surface area contributed by atoms with Gasteiger partial charge in [0, 0.05) is 37.9 Å². The van der Waals surface area contributed by atoms with Gasteiger partial charge in [-0.1, -0.05) is 11.6 Å². The molecule has 0 spiro atoms. The van der Waals surface area contributed by atoms with Crippen LogP contribution < -0.4 is 10.6 Å². The predicted octanol–water partition coefficient (Wildman–Crippen LogP) is 0.474. The number of rotatable bonds is 6. The molecule has 3 heterocycles. The standard InChI is InChI=1S/C15H23N7O/c1-21-10-12(9-18-21)8-17-15(23)14-11-22(20-19-14)7-5-13-4-2-3-6-16-13/h9-11,13,16H,2-8H2,1H3,(H,17,23)/t13-/m1/s1. The molecule has 1 aliphatic rings. The van der Waals surface area contributed by atoms with E-state index < -0.39 is 0 Å². The van der Waals surface area contributed by atoms with Crippen LogP contribution in [-0.2, 0) is 20.1 Å². The number of amides is 1. The summed E-state index contributed by atoms with van der Waals surface area (Å²) in [7, 11) is 1.85. The predicted molar refractivity (Wildman–Crippen MR) is 84.7 cm³/mol. The number of piperidine rings is 1. The highest BCUT2D eigenvalue weighted by Gasteiger charge is 2.14. The zero-order valence-electron chi connectivity index (χ0n) is 13.4. The molecule has 0 unspecified atom stereocenters. The molecule has 2 aromatic rings. The Bertz CT molecular complexity index is 642. The smallest absolute Gasteiger partial charge is 0.273 e. The van der Waals surface area contributed by atoms with Crippen molar-refractivity contribution in [1.29, 1.82) is 0 Å². The maximum Gasteiger partial charge on any atom is 0.273 e. The van der Waals surface area contributed by atoms with Crippen LogP contribution in [0.2, 0.25) is 0 Å². The molecule has 8 nitrogen and oxygen atoms in total. The third-order valence-corrected chi connectivity index (χ3v) is 4.10. The largest absolute Gasteiger partial charge is 0.346 e. The summed E-state index contributed by atoms with van der Waals surface area (Å²) in [5.74, 6) is -0.212. The number of nitrogens with zero attached hydrogens (tertiary/aromatic N) is 5. The van der Waals surface area contributed by atoms with Gasteiger partial charge in [-0.2, -0.15) is 5.10 Å². The molecule has 23 heavy (non-hydrogen) atoms. The lowest BCUT2D eigenvalue weighted by atomic mass is 10.0. The summed E-state index contributed by atoms with van der Waals surface area (Å²) in [6.07, 6.45) is 10.1. The number of aromatic nitrogens is 5. The molecule has 124 valence electrons. The normalized spacial score (nSPS) is 18.0. The first-order valence-corrected chi connectivity index (χ1v) is 8.10. The van der Waals surface area contributed by atoms with Gasteiger partial charge in [-0.3, -0.25) is 14.2 Å². The Hall–Kier alpha value is -2.22. The fraction of sp³-hybridized carbons (Fsp3) is 0.600. The highest BCUT2D eigenvalue weighted by Crippen LogP contribution is 2.10. The van der Waals surface area contributed by atoms with E-state index in [0.717, 1.165) is 25.1 Å². The van der Waals surface area contributed by atoms with Crippen molar-refractivity contribution in [2.24, 2.45) is 7.05 Å². The van der Waals surface area contributed by atoms with Crippen LogP contribution in [0.25, 0.3) is 0 Å². The highest BCUT2D eigenvalue weighted by atomic mass is 16.2. The van der Waals surface area contributed by atoms with Crippen molar-refractivity contribution >= 4 is 5.91 Å². The van der Waals surface area contributed by atoms with E-state index in [0.29, 0.717) is 18.3 Å². The number of carbonyl (C=O) groups excluding carboxylic acids is 1. The molecule has 1 amide bonds. The molecule has 2 aromatic heterocycles. The second-order valence-corrected chi connectivity index (χ2v) is 6.01. The molecule has 1 fully saturated rings. The van der Waals surface area contributed by atoms with Gasteiger partial charge in [0.2, 0.25) is 0 Å². The van der Waals surface area contributed by atoms with Crippen LogP contribution in [0.3, 0.4) is 0 Å². The van der Waals surface area contributed by atoms with Gasteiger partial charge < -0.3 is 10.6 Å². The Morgan fingerprint density at radius 1 is 1.43 bits per heavy atom. The van der Waals surface area contributed by atoms with E-state index in [2.05, 4.69) is 26.0 Å². The summed E-state index contributed by atoms with van der Waals surface area (Å²) >= 11 is 0. The second-order valence-electron chi connectivity index (χ2n) is 6.01. The molecule has 1 aliphatic heterocycles. The molecular weight excluding hydrogens is 294 g/mol. The maximum absolute atomic E-state index is 12.1. The molecule has 0 bridgehead atoms. The summed E-state index contributed by atoms with van der Waals surface area (Å²) in [5.41, 5.74) is 1.31. The topological polar surface area (TPSA) is 89.7 Å². The number of hydrogen-bond acceptors (Lipinski definition) is 5. The minimum atomic E-state index is -0.212. The van der Waals surface area contributed by atoms with Crippen LogP contribution in [0.1, 0.15) is 41.7 Å². The lowest BCUT2D eigenvalue weighted by Crippen LogP contribution is -2.34. The Morgan fingerprint density at radius 3 is 3.09 bits per heavy atom. The zero-order chi connectivity index (χ0) is 16.1. The number of carbonyl (C=O) groups is 1. The Labute approximate surface area is 135 Å². The quantitative estimate of drug-likeness (QED) is 0.808. The second kappa shape index (κ2) is 7.36. The first kappa shape index (κ1) is 15.7. The maximum atomic E-state index is 12.1. The first-order valence-electron chi connectivity index (χ1n) is 8.10. The molecule has 2 N–H and O–H groups in total. The van der Waals surface area contributed by atoms with Crippen molar-refractivity contribution in [3.05, 3.63) is 29.8 Å². The Morgan fingerprint density at radius 2 is 2.35 bits per heavy atom. The van der Waals surface area contributed by atoms with Gasteiger partial charge >= 0.3 is 0 Å². The van der Waals surface area contributed by atoms with Crippen LogP contribution in [0.5, 0.6) is 0 Å². The van der Waals surface area contributed by atoms with Crippen molar-refractivity contribution in [2.75, 3.05) is 6.54 Å². The van der Waals surface area contributed by atoms with E-state index in [1.807, 2.05) is 13.2 Å². The van der Waals surface area contributed by atoms with Gasteiger partial charge in [0.15, 0.2) is 5.69 Å². The minimum Gasteiger partial charge on any atom is -0.346 e. The van der Waals surface area contributed by atoms with Crippen molar-refractivity contribution in [3.8, 4) is 0 Å². The summed E-state index contributed by atoms with van der Waals surface area (Å²) < 4.78 is 3.45. The van der Waals surface area contributed by atoms with E-state index in [-0.39, 0.29) is 5.91 Å². The molecule has 0 radical (unpaired) electrons. The van der Waals surface area contributed by atoms with Crippen LogP contribution in [-0.4, -0.2) is 43.3 Å². The number of nitrogens with one attached hydrogen (secondary N) is 2. The summed E-state index contributed by atoms with van der Waals surface area (Å²) in [6.45, 7) is 2.32. The van der Waals surface area contributed by atoms with E-state index in [1.165, 1.54) is 19.3 Å². The summed E-state index contributed by atoms with van der Waals surface area (Å²) in [4.78, 5) is 12.1. The molecule has 0 saturated carbocycles. The fourth-order valence-corrected chi connectivity index (χ4v) is 2.81. The zero-order valence-corrected chi connectivity index (χ0v) is 13.4. The number of aryl methyl sites for hydroxylation is 2. The summed E-state index contributed by atoms with van der Waals surface area (Å²) in [6, 6.07) is 0.552. The average Bonchev–Trinajstić information content (AvgIpc) is 3.21. The van der Waals surface area contributed by atoms with Crippen LogP contribution >= 0.6 is 0 Å². The molecule has 1 saturated heterocycles. The molecule has 1 atom stereocenters. The molecular formula is C15H23N7O. The average molecular weight is 317 g/mol. The SMILES string of the molecule is Cn1cc(CNC(=O)c2cn(CC[C@H]3CCCCN3)nn2)cn1. The third kappa shape index (κ3) is 4.38.